The van der Waals surface area contributed by atoms with Gasteiger partial charge in [0.15, 0.2) is 5.82 Å². The molecule has 1 amide bonds. The van der Waals surface area contributed by atoms with E-state index in [4.69, 9.17) is 9.97 Å². The third kappa shape index (κ3) is 4.38. The van der Waals surface area contributed by atoms with Crippen molar-refractivity contribution in [3.05, 3.63) is 60.2 Å². The highest BCUT2D eigenvalue weighted by molar-refractivity contribution is 7.13. The van der Waals surface area contributed by atoms with Crippen LogP contribution < -0.4 is 10.2 Å². The molecule has 9 heteroatoms. The molecular weight excluding hydrogens is 422 g/mol. The molecule has 5 rings (SSSR count). The van der Waals surface area contributed by atoms with Gasteiger partial charge in [-0.1, -0.05) is 18.2 Å². The summed E-state index contributed by atoms with van der Waals surface area (Å²) in [7, 11) is 0. The number of carbonyl (C=O) groups excluding carboxylic acids is 1. The van der Waals surface area contributed by atoms with E-state index in [0.29, 0.717) is 31.9 Å². The average Bonchev–Trinajstić information content (AvgIpc) is 3.40. The van der Waals surface area contributed by atoms with Gasteiger partial charge in [0.25, 0.3) is 0 Å². The number of anilines is 2. The first kappa shape index (κ1) is 20.3. The largest absolute Gasteiger partial charge is 0.369 e. The first-order valence-electron chi connectivity index (χ1n) is 10.6. The Labute approximate surface area is 190 Å². The molecular formula is C23H23N7OS. The van der Waals surface area contributed by atoms with Crippen LogP contribution in [-0.4, -0.2) is 63.5 Å². The van der Waals surface area contributed by atoms with Crippen molar-refractivity contribution in [2.24, 2.45) is 0 Å². The third-order valence-corrected chi connectivity index (χ3v) is 6.31. The SMILES string of the molecule is O=C(CCNc1nc(-c2cccs2)nc2ccccc12)N1CCN(c2ncccn2)CC1. The van der Waals surface area contributed by atoms with Crippen LogP contribution in [0, 0.1) is 0 Å². The lowest BCUT2D eigenvalue weighted by Gasteiger charge is -2.34. The zero-order valence-electron chi connectivity index (χ0n) is 17.5. The van der Waals surface area contributed by atoms with Gasteiger partial charge in [0.05, 0.1) is 10.4 Å². The molecule has 0 radical (unpaired) electrons. The van der Waals surface area contributed by atoms with E-state index in [9.17, 15) is 4.79 Å². The number of aromatic nitrogens is 4. The Hall–Kier alpha value is -3.59. The number of hydrogen-bond donors (Lipinski definition) is 1. The standard InChI is InChI=1S/C23H23N7OS/c31-20(29-12-14-30(15-13-29)23-25-9-4-10-26-23)8-11-24-21-17-5-1-2-6-18(17)27-22(28-21)19-7-3-16-32-19/h1-7,9-10,16H,8,11-15H2,(H,24,27,28). The maximum absolute atomic E-state index is 12.8. The normalized spacial score (nSPS) is 14.0. The van der Waals surface area contributed by atoms with Crippen molar-refractivity contribution in [2.75, 3.05) is 42.9 Å². The summed E-state index contributed by atoms with van der Waals surface area (Å²) >= 11 is 1.61. The summed E-state index contributed by atoms with van der Waals surface area (Å²) in [6.07, 6.45) is 3.90. The summed E-state index contributed by atoms with van der Waals surface area (Å²) in [5, 5.41) is 6.34. The van der Waals surface area contributed by atoms with Crippen LogP contribution in [0.2, 0.25) is 0 Å². The van der Waals surface area contributed by atoms with E-state index in [1.54, 1.807) is 29.8 Å². The lowest BCUT2D eigenvalue weighted by Crippen LogP contribution is -2.49. The molecule has 1 N–H and O–H groups in total. The maximum atomic E-state index is 12.8. The molecule has 0 atom stereocenters. The van der Waals surface area contributed by atoms with Crippen molar-refractivity contribution in [1.82, 2.24) is 24.8 Å². The van der Waals surface area contributed by atoms with Gasteiger partial charge in [0.2, 0.25) is 11.9 Å². The monoisotopic (exact) mass is 445 g/mol. The van der Waals surface area contributed by atoms with Crippen LogP contribution in [-0.2, 0) is 4.79 Å². The van der Waals surface area contributed by atoms with Crippen LogP contribution >= 0.6 is 11.3 Å². The van der Waals surface area contributed by atoms with E-state index in [-0.39, 0.29) is 5.91 Å². The van der Waals surface area contributed by atoms with Crippen molar-refractivity contribution >= 4 is 39.9 Å². The minimum Gasteiger partial charge on any atom is -0.369 e. The van der Waals surface area contributed by atoms with Crippen LogP contribution in [0.4, 0.5) is 11.8 Å². The summed E-state index contributed by atoms with van der Waals surface area (Å²) in [4.78, 5) is 35.8. The van der Waals surface area contributed by atoms with E-state index in [1.165, 1.54) is 0 Å². The zero-order chi connectivity index (χ0) is 21.8. The second-order valence-corrected chi connectivity index (χ2v) is 8.43. The molecule has 32 heavy (non-hydrogen) atoms. The molecule has 0 spiro atoms. The van der Waals surface area contributed by atoms with Crippen LogP contribution in [0.25, 0.3) is 21.6 Å². The van der Waals surface area contributed by atoms with Gasteiger partial charge in [-0.25, -0.2) is 19.9 Å². The lowest BCUT2D eigenvalue weighted by atomic mass is 10.2. The fourth-order valence-corrected chi connectivity index (χ4v) is 4.44. The fourth-order valence-electron chi connectivity index (χ4n) is 3.78. The lowest BCUT2D eigenvalue weighted by molar-refractivity contribution is -0.131. The van der Waals surface area contributed by atoms with Crippen molar-refractivity contribution in [2.45, 2.75) is 6.42 Å². The van der Waals surface area contributed by atoms with Crippen LogP contribution in [0.5, 0.6) is 0 Å². The summed E-state index contributed by atoms with van der Waals surface area (Å²) < 4.78 is 0. The zero-order valence-corrected chi connectivity index (χ0v) is 18.3. The summed E-state index contributed by atoms with van der Waals surface area (Å²) in [6, 6.07) is 13.8. The van der Waals surface area contributed by atoms with E-state index in [0.717, 1.165) is 40.6 Å². The Balaban J connectivity index is 1.21. The van der Waals surface area contributed by atoms with E-state index in [1.807, 2.05) is 46.7 Å². The number of benzene rings is 1. The smallest absolute Gasteiger partial charge is 0.225 e. The Morgan fingerprint density at radius 2 is 1.78 bits per heavy atom. The van der Waals surface area contributed by atoms with Crippen molar-refractivity contribution in [3.8, 4) is 10.7 Å². The quantitative estimate of drug-likeness (QED) is 0.487. The number of carbonyl (C=O) groups is 1. The van der Waals surface area contributed by atoms with Gasteiger partial charge in [-0.2, -0.15) is 0 Å². The number of rotatable bonds is 6. The number of hydrogen-bond acceptors (Lipinski definition) is 8. The van der Waals surface area contributed by atoms with Gasteiger partial charge >= 0.3 is 0 Å². The first-order valence-corrected chi connectivity index (χ1v) is 11.5. The van der Waals surface area contributed by atoms with E-state index in [2.05, 4.69) is 20.2 Å². The summed E-state index contributed by atoms with van der Waals surface area (Å²) in [5.74, 6) is 2.33. The van der Waals surface area contributed by atoms with Gasteiger partial charge < -0.3 is 15.1 Å². The van der Waals surface area contributed by atoms with E-state index < -0.39 is 0 Å². The second kappa shape index (κ2) is 9.27. The summed E-state index contributed by atoms with van der Waals surface area (Å²) in [6.45, 7) is 3.35. The Kier molecular flexibility index (Phi) is 5.89. The average molecular weight is 446 g/mol. The van der Waals surface area contributed by atoms with Crippen LogP contribution in [0.1, 0.15) is 6.42 Å². The number of para-hydroxylation sites is 1. The molecule has 162 valence electrons. The Bertz CT molecular complexity index is 1190. The maximum Gasteiger partial charge on any atom is 0.225 e. The van der Waals surface area contributed by atoms with Gasteiger partial charge in [0.1, 0.15) is 5.82 Å². The number of fused-ring (bicyclic) bond motifs is 1. The Morgan fingerprint density at radius 3 is 2.56 bits per heavy atom. The van der Waals surface area contributed by atoms with Crippen molar-refractivity contribution in [1.29, 1.82) is 0 Å². The molecule has 1 aromatic carbocycles. The molecule has 4 heterocycles. The molecule has 1 aliphatic heterocycles. The van der Waals surface area contributed by atoms with Gasteiger partial charge in [0, 0.05) is 56.9 Å². The highest BCUT2D eigenvalue weighted by atomic mass is 32.1. The molecule has 8 nitrogen and oxygen atoms in total. The van der Waals surface area contributed by atoms with Crippen molar-refractivity contribution in [3.63, 3.8) is 0 Å². The predicted molar refractivity (Wildman–Crippen MR) is 127 cm³/mol. The minimum atomic E-state index is 0.142. The Morgan fingerprint density at radius 1 is 0.969 bits per heavy atom. The molecule has 1 aliphatic rings. The highest BCUT2D eigenvalue weighted by Gasteiger charge is 2.22. The van der Waals surface area contributed by atoms with Crippen LogP contribution in [0.3, 0.4) is 0 Å². The van der Waals surface area contributed by atoms with Gasteiger partial charge in [-0.05, 0) is 29.6 Å². The minimum absolute atomic E-state index is 0.142. The van der Waals surface area contributed by atoms with Crippen molar-refractivity contribution < 1.29 is 4.79 Å². The molecule has 0 unspecified atom stereocenters. The molecule has 3 aromatic heterocycles. The molecule has 1 saturated heterocycles. The first-order chi connectivity index (χ1) is 15.8. The van der Waals surface area contributed by atoms with Gasteiger partial charge in [-0.3, -0.25) is 4.79 Å². The molecule has 0 aliphatic carbocycles. The van der Waals surface area contributed by atoms with Crippen LogP contribution in [0.15, 0.2) is 60.2 Å². The number of nitrogens with one attached hydrogen (secondary N) is 1. The highest BCUT2D eigenvalue weighted by Crippen LogP contribution is 2.27. The number of thiophene rings is 1. The molecule has 1 fully saturated rings. The predicted octanol–water partition coefficient (Wildman–Crippen LogP) is 3.30. The summed E-state index contributed by atoms with van der Waals surface area (Å²) in [5.41, 5.74) is 0.888. The van der Waals surface area contributed by atoms with Gasteiger partial charge in [-0.15, -0.1) is 11.3 Å². The molecule has 0 bridgehead atoms. The molecule has 4 aromatic rings. The number of nitrogens with zero attached hydrogens (tertiary/aromatic N) is 6. The fraction of sp³-hybridized carbons (Fsp3) is 0.261. The second-order valence-electron chi connectivity index (χ2n) is 7.48. The van der Waals surface area contributed by atoms with E-state index >= 15 is 0 Å². The number of amides is 1. The topological polar surface area (TPSA) is 87.1 Å². The third-order valence-electron chi connectivity index (χ3n) is 5.44. The molecule has 0 saturated carbocycles. The number of piperazine rings is 1.